The van der Waals surface area contributed by atoms with Gasteiger partial charge in [0, 0.05) is 17.8 Å². The van der Waals surface area contributed by atoms with Crippen LogP contribution in [0.15, 0.2) is 42.5 Å². The molecule has 0 aliphatic carbocycles. The summed E-state index contributed by atoms with van der Waals surface area (Å²) in [5, 5.41) is 22.6. The van der Waals surface area contributed by atoms with Crippen LogP contribution in [0.5, 0.6) is 5.75 Å². The number of anilines is 1. The standard InChI is InChI=1S/C14H11ClN2O4/c15-12-8-10(3-6-13(12)18)16-14(19)7-9-1-4-11(5-2-9)17(20)21/h1-6,8,18H,7H2,(H,16,19). The molecule has 7 heteroatoms. The number of non-ortho nitro benzene ring substituents is 1. The molecule has 2 aromatic carbocycles. The first-order valence-corrected chi connectivity index (χ1v) is 6.35. The minimum Gasteiger partial charge on any atom is -0.506 e. The number of amides is 1. The minimum atomic E-state index is -0.498. The summed E-state index contributed by atoms with van der Waals surface area (Å²) in [6.07, 6.45) is 0.0799. The number of phenols is 1. The van der Waals surface area contributed by atoms with E-state index in [1.165, 1.54) is 42.5 Å². The van der Waals surface area contributed by atoms with Gasteiger partial charge in [0.15, 0.2) is 0 Å². The summed E-state index contributed by atoms with van der Waals surface area (Å²) in [6, 6.07) is 10.1. The number of nitrogens with one attached hydrogen (secondary N) is 1. The average molecular weight is 307 g/mol. The van der Waals surface area contributed by atoms with Gasteiger partial charge in [0.1, 0.15) is 5.75 Å². The molecule has 0 saturated carbocycles. The Morgan fingerprint density at radius 3 is 2.48 bits per heavy atom. The van der Waals surface area contributed by atoms with Crippen molar-refractivity contribution in [2.24, 2.45) is 0 Å². The van der Waals surface area contributed by atoms with E-state index >= 15 is 0 Å². The first-order valence-electron chi connectivity index (χ1n) is 5.97. The molecule has 2 N–H and O–H groups in total. The molecule has 0 fully saturated rings. The summed E-state index contributed by atoms with van der Waals surface area (Å²) in [5.74, 6) is -0.351. The first-order chi connectivity index (χ1) is 9.95. The summed E-state index contributed by atoms with van der Waals surface area (Å²) in [7, 11) is 0. The predicted octanol–water partition coefficient (Wildman–Crippen LogP) is 3.14. The molecule has 0 heterocycles. The first kappa shape index (κ1) is 14.8. The molecule has 6 nitrogen and oxygen atoms in total. The van der Waals surface area contributed by atoms with Crippen molar-refractivity contribution in [1.29, 1.82) is 0 Å². The van der Waals surface area contributed by atoms with Gasteiger partial charge >= 0.3 is 0 Å². The van der Waals surface area contributed by atoms with E-state index in [0.717, 1.165) is 0 Å². The summed E-state index contributed by atoms with van der Waals surface area (Å²) in [4.78, 5) is 21.9. The van der Waals surface area contributed by atoms with Crippen molar-refractivity contribution in [3.63, 3.8) is 0 Å². The number of hydrogen-bond acceptors (Lipinski definition) is 4. The minimum absolute atomic E-state index is 0.0236. The third-order valence-electron chi connectivity index (χ3n) is 2.74. The van der Waals surface area contributed by atoms with E-state index in [4.69, 9.17) is 11.6 Å². The fraction of sp³-hybridized carbons (Fsp3) is 0.0714. The molecular formula is C14H11ClN2O4. The van der Waals surface area contributed by atoms with Crippen LogP contribution < -0.4 is 5.32 Å². The normalized spacial score (nSPS) is 10.1. The Labute approximate surface area is 125 Å². The summed E-state index contributed by atoms with van der Waals surface area (Å²) < 4.78 is 0. The molecule has 21 heavy (non-hydrogen) atoms. The van der Waals surface area contributed by atoms with Crippen molar-refractivity contribution in [2.75, 3.05) is 5.32 Å². The zero-order valence-corrected chi connectivity index (χ0v) is 11.5. The van der Waals surface area contributed by atoms with Gasteiger partial charge in [-0.1, -0.05) is 23.7 Å². The highest BCUT2D eigenvalue weighted by Gasteiger charge is 2.08. The molecule has 0 unspecified atom stereocenters. The van der Waals surface area contributed by atoms with Gasteiger partial charge in [0.25, 0.3) is 5.69 Å². The largest absolute Gasteiger partial charge is 0.506 e. The zero-order chi connectivity index (χ0) is 15.4. The van der Waals surface area contributed by atoms with Crippen molar-refractivity contribution in [3.05, 3.63) is 63.2 Å². The second-order valence-corrected chi connectivity index (χ2v) is 4.72. The number of rotatable bonds is 4. The van der Waals surface area contributed by atoms with Crippen molar-refractivity contribution in [3.8, 4) is 5.75 Å². The lowest BCUT2D eigenvalue weighted by molar-refractivity contribution is -0.384. The summed E-state index contributed by atoms with van der Waals surface area (Å²) >= 11 is 5.74. The molecule has 0 bridgehead atoms. The summed E-state index contributed by atoms with van der Waals surface area (Å²) in [5.41, 5.74) is 1.09. The fourth-order valence-corrected chi connectivity index (χ4v) is 1.89. The Morgan fingerprint density at radius 1 is 1.24 bits per heavy atom. The van der Waals surface area contributed by atoms with Crippen LogP contribution >= 0.6 is 11.6 Å². The molecular weight excluding hydrogens is 296 g/mol. The molecule has 0 radical (unpaired) electrons. The van der Waals surface area contributed by atoms with Gasteiger partial charge in [-0.25, -0.2) is 0 Å². The molecule has 0 aromatic heterocycles. The number of benzene rings is 2. The number of hydrogen-bond donors (Lipinski definition) is 2. The van der Waals surface area contributed by atoms with E-state index in [-0.39, 0.29) is 28.8 Å². The molecule has 0 spiro atoms. The molecule has 0 aliphatic heterocycles. The SMILES string of the molecule is O=C(Cc1ccc([N+](=O)[O-])cc1)Nc1ccc(O)c(Cl)c1. The Balaban J connectivity index is 2.01. The Morgan fingerprint density at radius 2 is 1.90 bits per heavy atom. The molecule has 108 valence electrons. The highest BCUT2D eigenvalue weighted by Crippen LogP contribution is 2.26. The van der Waals surface area contributed by atoms with Crippen LogP contribution in [0.2, 0.25) is 5.02 Å². The molecule has 0 atom stereocenters. The quantitative estimate of drug-likeness (QED) is 0.515. The Hall–Kier alpha value is -2.60. The van der Waals surface area contributed by atoms with Gasteiger partial charge in [-0.3, -0.25) is 14.9 Å². The maximum atomic E-state index is 11.8. The number of phenolic OH excluding ortho intramolecular Hbond substituents is 1. The lowest BCUT2D eigenvalue weighted by atomic mass is 10.1. The third-order valence-corrected chi connectivity index (χ3v) is 3.05. The number of nitro benzene ring substituents is 1. The van der Waals surface area contributed by atoms with Crippen LogP contribution in [0.1, 0.15) is 5.56 Å². The molecule has 2 aromatic rings. The Kier molecular flexibility index (Phi) is 4.39. The van der Waals surface area contributed by atoms with E-state index < -0.39 is 4.92 Å². The third kappa shape index (κ3) is 3.93. The van der Waals surface area contributed by atoms with E-state index in [1.807, 2.05) is 0 Å². The number of aromatic hydroxyl groups is 1. The van der Waals surface area contributed by atoms with Crippen LogP contribution in [0, 0.1) is 10.1 Å². The zero-order valence-electron chi connectivity index (χ0n) is 10.7. The molecule has 1 amide bonds. The highest BCUT2D eigenvalue weighted by atomic mass is 35.5. The molecule has 2 rings (SSSR count). The van der Waals surface area contributed by atoms with Crippen molar-refractivity contribution in [2.45, 2.75) is 6.42 Å². The van der Waals surface area contributed by atoms with Crippen LogP contribution in [-0.4, -0.2) is 15.9 Å². The van der Waals surface area contributed by atoms with E-state index in [9.17, 15) is 20.0 Å². The van der Waals surface area contributed by atoms with Crippen molar-refractivity contribution >= 4 is 28.9 Å². The summed E-state index contributed by atoms with van der Waals surface area (Å²) in [6.45, 7) is 0. The number of halogens is 1. The van der Waals surface area contributed by atoms with E-state index in [0.29, 0.717) is 11.3 Å². The highest BCUT2D eigenvalue weighted by molar-refractivity contribution is 6.32. The van der Waals surface area contributed by atoms with Crippen molar-refractivity contribution in [1.82, 2.24) is 0 Å². The topological polar surface area (TPSA) is 92.5 Å². The lowest BCUT2D eigenvalue weighted by Crippen LogP contribution is -2.14. The fourth-order valence-electron chi connectivity index (χ4n) is 1.71. The monoisotopic (exact) mass is 306 g/mol. The van der Waals surface area contributed by atoms with Gasteiger partial charge in [-0.05, 0) is 23.8 Å². The van der Waals surface area contributed by atoms with Gasteiger partial charge in [-0.2, -0.15) is 0 Å². The Bertz CT molecular complexity index is 686. The second-order valence-electron chi connectivity index (χ2n) is 4.31. The number of nitro groups is 1. The van der Waals surface area contributed by atoms with Gasteiger partial charge in [0.05, 0.1) is 16.4 Å². The van der Waals surface area contributed by atoms with E-state index in [1.54, 1.807) is 0 Å². The van der Waals surface area contributed by atoms with Crippen LogP contribution in [0.25, 0.3) is 0 Å². The smallest absolute Gasteiger partial charge is 0.269 e. The van der Waals surface area contributed by atoms with Gasteiger partial charge in [-0.15, -0.1) is 0 Å². The predicted molar refractivity (Wildman–Crippen MR) is 78.5 cm³/mol. The van der Waals surface area contributed by atoms with Crippen LogP contribution in [0.3, 0.4) is 0 Å². The van der Waals surface area contributed by atoms with Gasteiger partial charge < -0.3 is 10.4 Å². The second kappa shape index (κ2) is 6.23. The number of carbonyl (C=O) groups excluding carboxylic acids is 1. The maximum absolute atomic E-state index is 11.8. The molecule has 0 saturated heterocycles. The lowest BCUT2D eigenvalue weighted by Gasteiger charge is -2.06. The average Bonchev–Trinajstić information content (AvgIpc) is 2.43. The van der Waals surface area contributed by atoms with Gasteiger partial charge in [0.2, 0.25) is 5.91 Å². The maximum Gasteiger partial charge on any atom is 0.269 e. The number of nitrogens with zero attached hydrogens (tertiary/aromatic N) is 1. The molecule has 0 aliphatic rings. The van der Waals surface area contributed by atoms with E-state index in [2.05, 4.69) is 5.32 Å². The van der Waals surface area contributed by atoms with Crippen LogP contribution in [-0.2, 0) is 11.2 Å². The number of carbonyl (C=O) groups is 1. The van der Waals surface area contributed by atoms with Crippen molar-refractivity contribution < 1.29 is 14.8 Å². The van der Waals surface area contributed by atoms with Crippen LogP contribution in [0.4, 0.5) is 11.4 Å².